The molecule has 28 heavy (non-hydrogen) atoms. The summed E-state index contributed by atoms with van der Waals surface area (Å²) < 4.78 is 7.51. The molecule has 0 bridgehead atoms. The summed E-state index contributed by atoms with van der Waals surface area (Å²) in [5.41, 5.74) is 1.62. The predicted molar refractivity (Wildman–Crippen MR) is 110 cm³/mol. The predicted octanol–water partition coefficient (Wildman–Crippen LogP) is 3.80. The van der Waals surface area contributed by atoms with Crippen LogP contribution in [0.3, 0.4) is 0 Å². The molecule has 1 aliphatic rings. The first-order chi connectivity index (χ1) is 13.5. The molecule has 1 atom stereocenters. The van der Waals surface area contributed by atoms with Crippen LogP contribution in [0.4, 0.5) is 0 Å². The second-order valence-corrected chi connectivity index (χ2v) is 7.49. The molecule has 5 nitrogen and oxygen atoms in total. The smallest absolute Gasteiger partial charge is 0.256 e. The molecule has 0 radical (unpaired) electrons. The topological polar surface area (TPSA) is 60.3 Å². The van der Waals surface area contributed by atoms with Gasteiger partial charge in [0.25, 0.3) is 5.91 Å². The molecular formula is C22H21ClN2O3. The molecule has 1 N–H and O–H groups in total. The van der Waals surface area contributed by atoms with Crippen LogP contribution in [-0.2, 0) is 13.0 Å². The summed E-state index contributed by atoms with van der Waals surface area (Å²) >= 11 is 6.29. The summed E-state index contributed by atoms with van der Waals surface area (Å²) in [7, 11) is 0. The van der Waals surface area contributed by atoms with Gasteiger partial charge in [0.15, 0.2) is 0 Å². The number of rotatable bonds is 5. The maximum absolute atomic E-state index is 13.0. The summed E-state index contributed by atoms with van der Waals surface area (Å²) in [6, 6.07) is 13.5. The Kier molecular flexibility index (Phi) is 5.09. The van der Waals surface area contributed by atoms with E-state index in [1.165, 1.54) is 5.56 Å². The minimum absolute atomic E-state index is 0.0608. The number of nitrogens with zero attached hydrogens (tertiary/aromatic N) is 1. The molecule has 2 aromatic carbocycles. The van der Waals surface area contributed by atoms with Gasteiger partial charge in [0.1, 0.15) is 17.9 Å². The van der Waals surface area contributed by atoms with Crippen molar-refractivity contribution >= 4 is 28.4 Å². The largest absolute Gasteiger partial charge is 0.490 e. The highest BCUT2D eigenvalue weighted by atomic mass is 35.5. The van der Waals surface area contributed by atoms with Gasteiger partial charge in [-0.3, -0.25) is 9.59 Å². The lowest BCUT2D eigenvalue weighted by Gasteiger charge is -2.22. The third kappa shape index (κ3) is 3.50. The Hall–Kier alpha value is -2.79. The quantitative estimate of drug-likeness (QED) is 0.713. The van der Waals surface area contributed by atoms with E-state index < -0.39 is 0 Å². The first kappa shape index (κ1) is 18.6. The second-order valence-electron chi connectivity index (χ2n) is 7.08. The lowest BCUT2D eigenvalue weighted by molar-refractivity contribution is 0.0936. The van der Waals surface area contributed by atoms with E-state index in [-0.39, 0.29) is 22.9 Å². The molecular weight excluding hydrogens is 376 g/mol. The summed E-state index contributed by atoms with van der Waals surface area (Å²) in [6.07, 6.45) is 3.26. The van der Waals surface area contributed by atoms with Crippen molar-refractivity contribution in [1.82, 2.24) is 9.88 Å². The highest BCUT2D eigenvalue weighted by Gasteiger charge is 2.22. The molecule has 0 aliphatic carbocycles. The zero-order valence-corrected chi connectivity index (χ0v) is 16.3. The minimum Gasteiger partial charge on any atom is -0.490 e. The SMILES string of the molecule is C[C@@H](CCc1ccccc1)NC(=O)c1cn2c3c(ccc(Cl)c3c1=O)OCC2. The monoisotopic (exact) mass is 396 g/mol. The fraction of sp³-hybridized carbons (Fsp3) is 0.273. The van der Waals surface area contributed by atoms with Gasteiger partial charge in [-0.15, -0.1) is 0 Å². The van der Waals surface area contributed by atoms with Crippen molar-refractivity contribution in [2.75, 3.05) is 6.61 Å². The number of aryl methyl sites for hydroxylation is 1. The van der Waals surface area contributed by atoms with E-state index in [9.17, 15) is 9.59 Å². The zero-order chi connectivity index (χ0) is 19.7. The Morgan fingerprint density at radius 3 is 2.82 bits per heavy atom. The zero-order valence-electron chi connectivity index (χ0n) is 15.6. The van der Waals surface area contributed by atoms with E-state index in [0.29, 0.717) is 34.8 Å². The average molecular weight is 397 g/mol. The molecule has 6 heteroatoms. The van der Waals surface area contributed by atoms with E-state index in [1.54, 1.807) is 18.3 Å². The first-order valence-corrected chi connectivity index (χ1v) is 9.75. The number of halogens is 1. The van der Waals surface area contributed by atoms with Crippen LogP contribution in [0.25, 0.3) is 10.9 Å². The van der Waals surface area contributed by atoms with Crippen molar-refractivity contribution < 1.29 is 9.53 Å². The van der Waals surface area contributed by atoms with Gasteiger partial charge in [0, 0.05) is 12.2 Å². The summed E-state index contributed by atoms with van der Waals surface area (Å²) in [4.78, 5) is 25.8. The van der Waals surface area contributed by atoms with Crippen molar-refractivity contribution in [3.63, 3.8) is 0 Å². The lowest BCUT2D eigenvalue weighted by Crippen LogP contribution is -2.36. The molecule has 144 valence electrons. The normalized spacial score (nSPS) is 13.8. The number of ether oxygens (including phenoxy) is 1. The molecule has 0 fully saturated rings. The van der Waals surface area contributed by atoms with Crippen molar-refractivity contribution in [2.24, 2.45) is 0 Å². The van der Waals surface area contributed by atoms with Crippen LogP contribution in [0, 0.1) is 0 Å². The molecule has 4 rings (SSSR count). The molecule has 1 aliphatic heterocycles. The third-order valence-corrected chi connectivity index (χ3v) is 5.37. The number of hydrogen-bond acceptors (Lipinski definition) is 3. The average Bonchev–Trinajstić information content (AvgIpc) is 2.70. The first-order valence-electron chi connectivity index (χ1n) is 9.38. The molecule has 2 heterocycles. The molecule has 0 unspecified atom stereocenters. The van der Waals surface area contributed by atoms with Crippen LogP contribution in [0.1, 0.15) is 29.3 Å². The van der Waals surface area contributed by atoms with Crippen LogP contribution >= 0.6 is 11.6 Å². The van der Waals surface area contributed by atoms with Crippen molar-refractivity contribution in [3.05, 3.63) is 75.0 Å². The van der Waals surface area contributed by atoms with Gasteiger partial charge < -0.3 is 14.6 Å². The number of pyridine rings is 1. The molecule has 1 aromatic heterocycles. The third-order valence-electron chi connectivity index (χ3n) is 5.05. The van der Waals surface area contributed by atoms with E-state index in [2.05, 4.69) is 17.4 Å². The van der Waals surface area contributed by atoms with Crippen molar-refractivity contribution in [3.8, 4) is 5.75 Å². The number of hydrogen-bond donors (Lipinski definition) is 1. The number of carbonyl (C=O) groups is 1. The number of amides is 1. The molecule has 0 spiro atoms. The van der Waals surface area contributed by atoms with E-state index in [4.69, 9.17) is 16.3 Å². The Morgan fingerprint density at radius 2 is 2.04 bits per heavy atom. The van der Waals surface area contributed by atoms with Crippen molar-refractivity contribution in [1.29, 1.82) is 0 Å². The Labute approximate surface area is 167 Å². The van der Waals surface area contributed by atoms with Gasteiger partial charge in [-0.25, -0.2) is 0 Å². The van der Waals surface area contributed by atoms with Gasteiger partial charge in [0.2, 0.25) is 5.43 Å². The van der Waals surface area contributed by atoms with Gasteiger partial charge in [-0.05, 0) is 37.5 Å². The molecule has 3 aromatic rings. The minimum atomic E-state index is -0.371. The fourth-order valence-electron chi connectivity index (χ4n) is 3.57. The Bertz CT molecular complexity index is 1090. The van der Waals surface area contributed by atoms with Crippen LogP contribution in [0.2, 0.25) is 5.02 Å². The van der Waals surface area contributed by atoms with Crippen LogP contribution < -0.4 is 15.5 Å². The molecule has 0 saturated carbocycles. The van der Waals surface area contributed by atoms with Crippen LogP contribution in [0.15, 0.2) is 53.5 Å². The van der Waals surface area contributed by atoms with E-state index in [1.807, 2.05) is 29.7 Å². The van der Waals surface area contributed by atoms with Crippen LogP contribution in [-0.4, -0.2) is 23.1 Å². The number of benzene rings is 2. The molecule has 1 amide bonds. The van der Waals surface area contributed by atoms with E-state index >= 15 is 0 Å². The number of nitrogens with one attached hydrogen (secondary N) is 1. The van der Waals surface area contributed by atoms with Crippen molar-refractivity contribution in [2.45, 2.75) is 32.4 Å². The number of carbonyl (C=O) groups excluding carboxylic acids is 1. The summed E-state index contributed by atoms with van der Waals surface area (Å²) in [6.45, 7) is 3.00. The Morgan fingerprint density at radius 1 is 1.25 bits per heavy atom. The Balaban J connectivity index is 1.59. The standard InChI is InChI=1S/C22H21ClN2O3/c1-14(7-8-15-5-3-2-4-6-15)24-22(27)16-13-25-11-12-28-18-10-9-17(23)19(20(18)25)21(16)26/h2-6,9-10,13-14H,7-8,11-12H2,1H3,(H,24,27)/t14-/m0/s1. The number of aromatic nitrogens is 1. The van der Waals surface area contributed by atoms with Gasteiger partial charge in [-0.2, -0.15) is 0 Å². The maximum atomic E-state index is 13.0. The van der Waals surface area contributed by atoms with Gasteiger partial charge in [0.05, 0.1) is 22.5 Å². The second kappa shape index (κ2) is 7.68. The maximum Gasteiger partial charge on any atom is 0.256 e. The highest BCUT2D eigenvalue weighted by Crippen LogP contribution is 2.32. The lowest BCUT2D eigenvalue weighted by atomic mass is 10.1. The summed E-state index contributed by atoms with van der Waals surface area (Å²) in [5.74, 6) is 0.245. The van der Waals surface area contributed by atoms with Gasteiger partial charge >= 0.3 is 0 Å². The fourth-order valence-corrected chi connectivity index (χ4v) is 3.81. The molecule has 0 saturated heterocycles. The van der Waals surface area contributed by atoms with E-state index in [0.717, 1.165) is 12.8 Å². The van der Waals surface area contributed by atoms with Crippen LogP contribution in [0.5, 0.6) is 5.75 Å². The highest BCUT2D eigenvalue weighted by molar-refractivity contribution is 6.35. The summed E-state index contributed by atoms with van der Waals surface area (Å²) in [5, 5.41) is 3.61. The van der Waals surface area contributed by atoms with Gasteiger partial charge in [-0.1, -0.05) is 41.9 Å².